The van der Waals surface area contributed by atoms with Crippen LogP contribution in [0.2, 0.25) is 0 Å². The highest BCUT2D eigenvalue weighted by molar-refractivity contribution is 7.98. The number of thioether (sulfide) groups is 1. The van der Waals surface area contributed by atoms with Crippen molar-refractivity contribution in [3.05, 3.63) is 84.3 Å². The first-order valence-electron chi connectivity index (χ1n) is 9.46. The van der Waals surface area contributed by atoms with Gasteiger partial charge in [-0.05, 0) is 48.2 Å². The summed E-state index contributed by atoms with van der Waals surface area (Å²) in [6.07, 6.45) is 2.91. The third-order valence-corrected chi connectivity index (χ3v) is 5.06. The number of rotatable bonds is 6. The predicted molar refractivity (Wildman–Crippen MR) is 119 cm³/mol. The monoisotopic (exact) mass is 434 g/mol. The van der Waals surface area contributed by atoms with Crippen LogP contribution in [-0.2, 0) is 11.3 Å². The van der Waals surface area contributed by atoms with E-state index in [1.807, 2.05) is 36.6 Å². The van der Waals surface area contributed by atoms with Gasteiger partial charge in [-0.25, -0.2) is 19.2 Å². The number of H-pyrrole nitrogens is 1. The van der Waals surface area contributed by atoms with Crippen LogP contribution in [-0.4, -0.2) is 27.3 Å². The van der Waals surface area contributed by atoms with E-state index in [1.165, 1.54) is 23.9 Å². The third-order valence-electron chi connectivity index (χ3n) is 4.48. The molecule has 2 N–H and O–H groups in total. The number of amides is 1. The average Bonchev–Trinajstić information content (AvgIpc) is 3.24. The number of pyridine rings is 1. The van der Waals surface area contributed by atoms with E-state index >= 15 is 0 Å². The summed E-state index contributed by atoms with van der Waals surface area (Å²) in [5, 5.41) is 3.37. The molecule has 2 aromatic heterocycles. The molecule has 0 aliphatic heterocycles. The van der Waals surface area contributed by atoms with Gasteiger partial charge < -0.3 is 9.72 Å². The first-order chi connectivity index (χ1) is 15.1. The third kappa shape index (κ3) is 5.10. The van der Waals surface area contributed by atoms with Gasteiger partial charge in [0, 0.05) is 17.3 Å². The lowest BCUT2D eigenvalue weighted by atomic mass is 10.1. The largest absolute Gasteiger partial charge is 0.444 e. The zero-order valence-corrected chi connectivity index (χ0v) is 17.4. The first kappa shape index (κ1) is 20.6. The molecule has 0 bridgehead atoms. The second-order valence-corrected chi connectivity index (χ2v) is 7.39. The maximum atomic E-state index is 13.4. The molecule has 0 fully saturated rings. The van der Waals surface area contributed by atoms with Gasteiger partial charge in [0.15, 0.2) is 5.16 Å². The fraction of sp³-hybridized carbons (Fsp3) is 0.0870. The minimum atomic E-state index is -0.598. The van der Waals surface area contributed by atoms with Gasteiger partial charge >= 0.3 is 6.09 Å². The van der Waals surface area contributed by atoms with Crippen molar-refractivity contribution in [3.8, 4) is 22.5 Å². The molecule has 0 spiro atoms. The summed E-state index contributed by atoms with van der Waals surface area (Å²) in [6, 6.07) is 19.1. The molecule has 0 saturated heterocycles. The van der Waals surface area contributed by atoms with Crippen molar-refractivity contribution in [1.29, 1.82) is 0 Å². The molecule has 0 aliphatic carbocycles. The van der Waals surface area contributed by atoms with Gasteiger partial charge in [0.25, 0.3) is 0 Å². The van der Waals surface area contributed by atoms with Crippen LogP contribution in [0, 0.1) is 5.82 Å². The number of hydrogen-bond donors (Lipinski definition) is 2. The Balaban J connectivity index is 1.55. The fourth-order valence-corrected chi connectivity index (χ4v) is 3.38. The van der Waals surface area contributed by atoms with E-state index in [0.717, 1.165) is 27.5 Å². The van der Waals surface area contributed by atoms with Crippen molar-refractivity contribution < 1.29 is 13.9 Å². The molecule has 0 saturated carbocycles. The van der Waals surface area contributed by atoms with Crippen LogP contribution in [0.3, 0.4) is 0 Å². The molecule has 6 nitrogen and oxygen atoms in total. The first-order valence-corrected chi connectivity index (χ1v) is 10.7. The van der Waals surface area contributed by atoms with Gasteiger partial charge in [0.05, 0.1) is 11.4 Å². The Kier molecular flexibility index (Phi) is 6.28. The standard InChI is InChI=1S/C23H19FN4O2S/c1-31-22-27-20(16-7-9-18(24)10-8-16)21(28-22)17-11-12-25-19(13-17)26-23(29)30-14-15-5-3-2-4-6-15/h2-13H,14H2,1H3,(H,27,28)(H,25,26,29). The van der Waals surface area contributed by atoms with E-state index in [0.29, 0.717) is 11.5 Å². The highest BCUT2D eigenvalue weighted by Gasteiger charge is 2.15. The van der Waals surface area contributed by atoms with Crippen LogP contribution in [0.25, 0.3) is 22.5 Å². The van der Waals surface area contributed by atoms with Crippen LogP contribution >= 0.6 is 11.8 Å². The van der Waals surface area contributed by atoms with Gasteiger partial charge in [0.1, 0.15) is 18.2 Å². The Morgan fingerprint density at radius 3 is 2.61 bits per heavy atom. The number of ether oxygens (including phenoxy) is 1. The van der Waals surface area contributed by atoms with E-state index in [4.69, 9.17) is 4.74 Å². The van der Waals surface area contributed by atoms with E-state index in [-0.39, 0.29) is 12.4 Å². The summed E-state index contributed by atoms with van der Waals surface area (Å²) in [4.78, 5) is 24.3. The van der Waals surface area contributed by atoms with Crippen molar-refractivity contribution in [1.82, 2.24) is 15.0 Å². The zero-order valence-electron chi connectivity index (χ0n) is 16.6. The van der Waals surface area contributed by atoms with E-state index in [1.54, 1.807) is 30.5 Å². The molecule has 0 unspecified atom stereocenters. The SMILES string of the molecule is CSc1nc(-c2ccnc(NC(=O)OCc3ccccc3)c2)c(-c2ccc(F)cc2)[nH]1. The number of aromatic amines is 1. The van der Waals surface area contributed by atoms with Gasteiger partial charge in [0.2, 0.25) is 0 Å². The molecular formula is C23H19FN4O2S. The lowest BCUT2D eigenvalue weighted by molar-refractivity contribution is 0.155. The smallest absolute Gasteiger partial charge is 0.413 e. The number of imidazole rings is 1. The minimum absolute atomic E-state index is 0.164. The molecule has 2 aromatic carbocycles. The molecule has 0 radical (unpaired) electrons. The quantitative estimate of drug-likeness (QED) is 0.378. The van der Waals surface area contributed by atoms with Gasteiger partial charge in [-0.2, -0.15) is 0 Å². The molecule has 2 heterocycles. The van der Waals surface area contributed by atoms with Crippen molar-refractivity contribution >= 4 is 23.7 Å². The number of halogens is 1. The van der Waals surface area contributed by atoms with Crippen molar-refractivity contribution in [3.63, 3.8) is 0 Å². The van der Waals surface area contributed by atoms with E-state index in [9.17, 15) is 9.18 Å². The lowest BCUT2D eigenvalue weighted by Gasteiger charge is -2.08. The summed E-state index contributed by atoms with van der Waals surface area (Å²) in [6.45, 7) is 0.164. The Bertz CT molecular complexity index is 1180. The number of benzene rings is 2. The summed E-state index contributed by atoms with van der Waals surface area (Å²) in [5.41, 5.74) is 3.89. The van der Waals surface area contributed by atoms with Crippen LogP contribution in [0.15, 0.2) is 78.1 Å². The molecule has 0 atom stereocenters. The summed E-state index contributed by atoms with van der Waals surface area (Å²) < 4.78 is 18.6. The fourth-order valence-electron chi connectivity index (χ4n) is 2.99. The van der Waals surface area contributed by atoms with Crippen molar-refractivity contribution in [2.24, 2.45) is 0 Å². The molecule has 31 heavy (non-hydrogen) atoms. The minimum Gasteiger partial charge on any atom is -0.444 e. The lowest BCUT2D eigenvalue weighted by Crippen LogP contribution is -2.14. The second-order valence-electron chi connectivity index (χ2n) is 6.59. The Morgan fingerprint density at radius 1 is 1.10 bits per heavy atom. The van der Waals surface area contributed by atoms with Gasteiger partial charge in [-0.1, -0.05) is 42.1 Å². The van der Waals surface area contributed by atoms with Crippen LogP contribution in [0.5, 0.6) is 0 Å². The number of carbonyl (C=O) groups is 1. The average molecular weight is 434 g/mol. The zero-order chi connectivity index (χ0) is 21.6. The molecule has 4 aromatic rings. The normalized spacial score (nSPS) is 10.6. The summed E-state index contributed by atoms with van der Waals surface area (Å²) >= 11 is 1.47. The molecule has 0 aliphatic rings. The maximum absolute atomic E-state index is 13.4. The van der Waals surface area contributed by atoms with Gasteiger partial charge in [-0.15, -0.1) is 0 Å². The maximum Gasteiger partial charge on any atom is 0.413 e. The number of anilines is 1. The highest BCUT2D eigenvalue weighted by Crippen LogP contribution is 2.33. The highest BCUT2D eigenvalue weighted by atomic mass is 32.2. The molecular weight excluding hydrogens is 415 g/mol. The molecule has 8 heteroatoms. The number of nitrogens with zero attached hydrogens (tertiary/aromatic N) is 2. The Labute approximate surface area is 182 Å². The number of nitrogens with one attached hydrogen (secondary N) is 2. The predicted octanol–water partition coefficient (Wildman–Crippen LogP) is 5.75. The second kappa shape index (κ2) is 9.44. The molecule has 156 valence electrons. The van der Waals surface area contributed by atoms with Crippen molar-refractivity contribution in [2.75, 3.05) is 11.6 Å². The Morgan fingerprint density at radius 2 is 1.87 bits per heavy atom. The van der Waals surface area contributed by atoms with Crippen LogP contribution < -0.4 is 5.32 Å². The summed E-state index contributed by atoms with van der Waals surface area (Å²) in [5.74, 6) is 0.0358. The topological polar surface area (TPSA) is 79.9 Å². The van der Waals surface area contributed by atoms with Gasteiger partial charge in [-0.3, -0.25) is 5.32 Å². The number of carbonyl (C=O) groups excluding carboxylic acids is 1. The van der Waals surface area contributed by atoms with Crippen LogP contribution in [0.1, 0.15) is 5.56 Å². The number of aromatic nitrogens is 3. The molecule has 1 amide bonds. The van der Waals surface area contributed by atoms with E-state index in [2.05, 4.69) is 20.3 Å². The van der Waals surface area contributed by atoms with E-state index < -0.39 is 6.09 Å². The number of hydrogen-bond acceptors (Lipinski definition) is 5. The Hall–Kier alpha value is -3.65. The molecule has 4 rings (SSSR count). The van der Waals surface area contributed by atoms with Crippen molar-refractivity contribution in [2.45, 2.75) is 11.8 Å². The van der Waals surface area contributed by atoms with Crippen LogP contribution in [0.4, 0.5) is 15.0 Å². The summed E-state index contributed by atoms with van der Waals surface area (Å²) in [7, 11) is 0.